The predicted molar refractivity (Wildman–Crippen MR) is 83.0 cm³/mol. The summed E-state index contributed by atoms with van der Waals surface area (Å²) in [6.45, 7) is 0.765. The third-order valence-corrected chi connectivity index (χ3v) is 4.76. The van der Waals surface area contributed by atoms with Crippen LogP contribution in [0.1, 0.15) is 23.5 Å². The van der Waals surface area contributed by atoms with Gasteiger partial charge in [-0.1, -0.05) is 0 Å². The third-order valence-electron chi connectivity index (χ3n) is 4.76. The van der Waals surface area contributed by atoms with Crippen molar-refractivity contribution in [3.05, 3.63) is 18.1 Å². The van der Waals surface area contributed by atoms with E-state index in [9.17, 15) is 29.3 Å². The van der Waals surface area contributed by atoms with Crippen LogP contribution in [-0.4, -0.2) is 72.1 Å². The van der Waals surface area contributed by atoms with E-state index in [0.29, 0.717) is 0 Å². The summed E-state index contributed by atoms with van der Waals surface area (Å²) in [5.74, 6) is -2.24. The van der Waals surface area contributed by atoms with Gasteiger partial charge in [0, 0.05) is 6.20 Å². The largest absolute Gasteiger partial charge is 0.394 e. The molecule has 138 valence electrons. The molecule has 2 aromatic rings. The van der Waals surface area contributed by atoms with Crippen LogP contribution in [0.25, 0.3) is 11.0 Å². The van der Waals surface area contributed by atoms with Gasteiger partial charge in [-0.05, 0) is 6.92 Å². The number of Topliss-reactive ketones (excluding diaryl/α,β-unsaturated/α-hetero) is 1. The van der Waals surface area contributed by atoms with Crippen molar-refractivity contribution in [3.8, 4) is 0 Å². The molecular formula is C15H15FN4O6. The van der Waals surface area contributed by atoms with E-state index >= 15 is 0 Å². The van der Waals surface area contributed by atoms with Crippen LogP contribution in [0.15, 0.2) is 12.5 Å². The van der Waals surface area contributed by atoms with Crippen LogP contribution in [0, 0.1) is 0 Å². The number of aromatic nitrogens is 3. The van der Waals surface area contributed by atoms with E-state index in [1.165, 1.54) is 17.7 Å². The van der Waals surface area contributed by atoms with Crippen molar-refractivity contribution in [1.82, 2.24) is 14.5 Å². The fraction of sp³-hybridized carbons (Fsp3) is 0.467. The van der Waals surface area contributed by atoms with Gasteiger partial charge in [0.1, 0.15) is 35.6 Å². The highest BCUT2D eigenvalue weighted by Crippen LogP contribution is 2.41. The molecule has 1 fully saturated rings. The lowest BCUT2D eigenvalue weighted by Gasteiger charge is -2.27. The zero-order valence-corrected chi connectivity index (χ0v) is 13.5. The number of nitrogens with zero attached hydrogens (tertiary/aromatic N) is 3. The highest BCUT2D eigenvalue weighted by atomic mass is 19.1. The highest BCUT2D eigenvalue weighted by Gasteiger charge is 2.53. The molecule has 2 unspecified atom stereocenters. The molecule has 0 bridgehead atoms. The Morgan fingerprint density at radius 3 is 2.81 bits per heavy atom. The molecule has 2 aromatic heterocycles. The molecule has 4 N–H and O–H groups in total. The summed E-state index contributed by atoms with van der Waals surface area (Å²) in [6, 6.07) is 0. The summed E-state index contributed by atoms with van der Waals surface area (Å²) in [5.41, 5.74) is -1.88. The molecule has 2 aliphatic heterocycles. The number of hydrogen-bond acceptors (Lipinski definition) is 8. The van der Waals surface area contributed by atoms with Crippen molar-refractivity contribution < 1.29 is 34.0 Å². The zero-order chi connectivity index (χ0) is 18.8. The number of alkyl halides is 1. The van der Waals surface area contributed by atoms with Crippen LogP contribution in [0.5, 0.6) is 0 Å². The van der Waals surface area contributed by atoms with E-state index in [1.54, 1.807) is 0 Å². The number of ether oxygens (including phenoxy) is 1. The van der Waals surface area contributed by atoms with Gasteiger partial charge in [0.25, 0.3) is 5.91 Å². The molecule has 4 rings (SSSR count). The SMILES string of the molecule is CC1(O)[C@H](O)[C@@H](CO)O[C@H]1n1cc2c3c(ncnc31)NC(=O)C(F)C2=O. The van der Waals surface area contributed by atoms with Gasteiger partial charge >= 0.3 is 0 Å². The second-order valence-corrected chi connectivity index (χ2v) is 6.47. The fourth-order valence-corrected chi connectivity index (χ4v) is 3.37. The normalized spacial score (nSPS) is 34.2. The van der Waals surface area contributed by atoms with Crippen LogP contribution in [0.2, 0.25) is 0 Å². The van der Waals surface area contributed by atoms with Crippen LogP contribution < -0.4 is 5.32 Å². The Kier molecular flexibility index (Phi) is 3.60. The van der Waals surface area contributed by atoms with E-state index in [1.807, 2.05) is 0 Å². The predicted octanol–water partition coefficient (Wildman–Crippen LogP) is -1.09. The van der Waals surface area contributed by atoms with E-state index < -0.39 is 48.5 Å². The molecule has 1 saturated heterocycles. The summed E-state index contributed by atoms with van der Waals surface area (Å²) >= 11 is 0. The molecule has 10 nitrogen and oxygen atoms in total. The van der Waals surface area contributed by atoms with Crippen molar-refractivity contribution in [3.63, 3.8) is 0 Å². The number of aliphatic hydroxyl groups excluding tert-OH is 2. The second-order valence-electron chi connectivity index (χ2n) is 6.47. The van der Waals surface area contributed by atoms with Crippen molar-refractivity contribution in [1.29, 1.82) is 0 Å². The topological polar surface area (TPSA) is 147 Å². The van der Waals surface area contributed by atoms with Gasteiger partial charge in [-0.25, -0.2) is 14.4 Å². The average molecular weight is 366 g/mol. The highest BCUT2D eigenvalue weighted by molar-refractivity contribution is 6.25. The molecular weight excluding hydrogens is 351 g/mol. The van der Waals surface area contributed by atoms with Gasteiger partial charge in [0.15, 0.2) is 6.23 Å². The number of carbonyl (C=O) groups is 2. The monoisotopic (exact) mass is 366 g/mol. The van der Waals surface area contributed by atoms with E-state index in [0.717, 1.165) is 6.33 Å². The Hall–Kier alpha value is -2.47. The van der Waals surface area contributed by atoms with Gasteiger partial charge in [0.05, 0.1) is 17.6 Å². The number of amides is 1. The van der Waals surface area contributed by atoms with Gasteiger partial charge < -0.3 is 29.9 Å². The summed E-state index contributed by atoms with van der Waals surface area (Å²) < 4.78 is 20.9. The van der Waals surface area contributed by atoms with Crippen LogP contribution in [-0.2, 0) is 9.53 Å². The number of hydrogen-bond donors (Lipinski definition) is 4. The number of aliphatic hydroxyl groups is 3. The van der Waals surface area contributed by atoms with Gasteiger partial charge in [-0.15, -0.1) is 0 Å². The lowest BCUT2D eigenvalue weighted by Crippen LogP contribution is -2.44. The number of halogens is 1. The third kappa shape index (κ3) is 2.11. The number of carbonyl (C=O) groups excluding carboxylic acids is 2. The maximum Gasteiger partial charge on any atom is 0.268 e. The Bertz CT molecular complexity index is 928. The van der Waals surface area contributed by atoms with Crippen molar-refractivity contribution >= 4 is 28.5 Å². The summed E-state index contributed by atoms with van der Waals surface area (Å²) in [6.07, 6.45) is -3.79. The van der Waals surface area contributed by atoms with Crippen molar-refractivity contribution in [2.75, 3.05) is 11.9 Å². The first kappa shape index (κ1) is 17.0. The summed E-state index contributed by atoms with van der Waals surface area (Å²) in [5, 5.41) is 32.4. The molecule has 1 amide bonds. The van der Waals surface area contributed by atoms with Gasteiger partial charge in [-0.2, -0.15) is 0 Å². The summed E-state index contributed by atoms with van der Waals surface area (Å²) in [4.78, 5) is 31.9. The molecule has 0 aromatic carbocycles. The fourth-order valence-electron chi connectivity index (χ4n) is 3.37. The lowest BCUT2D eigenvalue weighted by atomic mass is 9.96. The second kappa shape index (κ2) is 5.51. The zero-order valence-electron chi connectivity index (χ0n) is 13.5. The molecule has 2 aliphatic rings. The van der Waals surface area contributed by atoms with Gasteiger partial charge in [0.2, 0.25) is 12.0 Å². The van der Waals surface area contributed by atoms with E-state index in [2.05, 4.69) is 15.3 Å². The molecule has 11 heteroatoms. The standard InChI is InChI=1S/C15H15FN4O6/c1-15(25)10(23)6(3-21)26-14(15)20-2-5-7-11(17-4-18-12(7)20)19-13(24)8(16)9(5)22/h2,4,6,8,10,14,21,23,25H,3H2,1H3,(H,17,18,19,24)/t6-,8?,10-,14-,15?/m1/s1. The number of anilines is 1. The molecule has 0 spiro atoms. The molecule has 5 atom stereocenters. The Labute approximate surface area is 145 Å². The van der Waals surface area contributed by atoms with E-state index in [4.69, 9.17) is 4.74 Å². The van der Waals surface area contributed by atoms with Crippen LogP contribution in [0.4, 0.5) is 10.2 Å². The Morgan fingerprint density at radius 1 is 1.42 bits per heavy atom. The number of nitrogens with one attached hydrogen (secondary N) is 1. The molecule has 0 aliphatic carbocycles. The van der Waals surface area contributed by atoms with Gasteiger partial charge in [-0.3, -0.25) is 9.59 Å². The average Bonchev–Trinajstić information content (AvgIpc) is 3.07. The number of rotatable bonds is 2. The maximum absolute atomic E-state index is 14.1. The first-order valence-corrected chi connectivity index (χ1v) is 7.78. The molecule has 0 radical (unpaired) electrons. The smallest absolute Gasteiger partial charge is 0.268 e. The summed E-state index contributed by atoms with van der Waals surface area (Å²) in [7, 11) is 0. The Morgan fingerprint density at radius 2 is 2.15 bits per heavy atom. The minimum absolute atomic E-state index is 0.0425. The quantitative estimate of drug-likeness (QED) is 0.490. The van der Waals surface area contributed by atoms with Crippen molar-refractivity contribution in [2.45, 2.75) is 37.1 Å². The minimum Gasteiger partial charge on any atom is -0.394 e. The first-order valence-electron chi connectivity index (χ1n) is 7.78. The minimum atomic E-state index is -2.41. The first-order chi connectivity index (χ1) is 12.3. The van der Waals surface area contributed by atoms with Crippen LogP contribution >= 0.6 is 0 Å². The lowest BCUT2D eigenvalue weighted by molar-refractivity contribution is -0.119. The number of ketones is 1. The van der Waals surface area contributed by atoms with E-state index in [-0.39, 0.29) is 22.4 Å². The molecule has 26 heavy (non-hydrogen) atoms. The van der Waals surface area contributed by atoms with Crippen molar-refractivity contribution in [2.24, 2.45) is 0 Å². The maximum atomic E-state index is 14.1. The van der Waals surface area contributed by atoms with Crippen LogP contribution in [0.3, 0.4) is 0 Å². The molecule has 4 heterocycles. The molecule has 0 saturated carbocycles. The Balaban J connectivity index is 1.93.